The predicted molar refractivity (Wildman–Crippen MR) is 184 cm³/mol. The van der Waals surface area contributed by atoms with Crippen molar-refractivity contribution >= 4 is 50.6 Å². The molecule has 0 bridgehead atoms. The topological polar surface area (TPSA) is 120 Å². The first kappa shape index (κ1) is 31.3. The molecule has 4 atom stereocenters. The van der Waals surface area contributed by atoms with E-state index in [9.17, 15) is 4.79 Å². The monoisotopic (exact) mass is 731 g/mol. The summed E-state index contributed by atoms with van der Waals surface area (Å²) in [6.07, 6.45) is 4.99. The molecular weight excluding hydrogens is 698 g/mol. The lowest BCUT2D eigenvalue weighted by Crippen LogP contribution is -2.36. The minimum Gasteiger partial charge on any atom is -0.445 e. The molecule has 2 aromatic carbocycles. The van der Waals surface area contributed by atoms with Crippen LogP contribution >= 0.6 is 27.5 Å². The summed E-state index contributed by atoms with van der Waals surface area (Å²) in [6, 6.07) is 17.4. The van der Waals surface area contributed by atoms with Crippen molar-refractivity contribution in [3.05, 3.63) is 87.3 Å². The van der Waals surface area contributed by atoms with E-state index < -0.39 is 6.09 Å². The Morgan fingerprint density at radius 3 is 2.81 bits per heavy atom. The van der Waals surface area contributed by atoms with E-state index in [-0.39, 0.29) is 24.2 Å². The number of carbonyl (C=O) groups is 1. The van der Waals surface area contributed by atoms with Gasteiger partial charge in [-0.15, -0.1) is 0 Å². The van der Waals surface area contributed by atoms with E-state index in [0.717, 1.165) is 71.6 Å². The minimum absolute atomic E-state index is 0.211. The van der Waals surface area contributed by atoms with Crippen LogP contribution in [0.15, 0.2) is 69.8 Å². The molecule has 2 aliphatic heterocycles. The second-order valence-corrected chi connectivity index (χ2v) is 14.1. The van der Waals surface area contributed by atoms with E-state index in [4.69, 9.17) is 40.7 Å². The van der Waals surface area contributed by atoms with Crippen molar-refractivity contribution in [2.24, 2.45) is 11.8 Å². The third-order valence-corrected chi connectivity index (χ3v) is 11.3. The summed E-state index contributed by atoms with van der Waals surface area (Å²) in [6.45, 7) is 4.71. The smallest absolute Gasteiger partial charge is 0.407 e. The van der Waals surface area contributed by atoms with Crippen molar-refractivity contribution in [1.82, 2.24) is 30.2 Å². The molecule has 13 heteroatoms. The number of halogens is 2. The molecule has 3 aromatic heterocycles. The van der Waals surface area contributed by atoms with Gasteiger partial charge in [-0.05, 0) is 72.0 Å². The van der Waals surface area contributed by atoms with Crippen LogP contribution in [0.4, 0.5) is 10.6 Å². The summed E-state index contributed by atoms with van der Waals surface area (Å²) < 4.78 is 19.9. The van der Waals surface area contributed by atoms with Crippen molar-refractivity contribution in [3.63, 3.8) is 0 Å². The van der Waals surface area contributed by atoms with Gasteiger partial charge in [0.25, 0.3) is 0 Å². The highest BCUT2D eigenvalue weighted by molar-refractivity contribution is 9.10. The molecule has 0 radical (unpaired) electrons. The number of rotatable bonds is 8. The van der Waals surface area contributed by atoms with E-state index in [1.165, 1.54) is 0 Å². The Kier molecular flexibility index (Phi) is 8.34. The summed E-state index contributed by atoms with van der Waals surface area (Å²) in [5.74, 6) is 2.07. The number of aryl methyl sites for hydroxylation is 1. The van der Waals surface area contributed by atoms with E-state index in [1.807, 2.05) is 72.4 Å². The van der Waals surface area contributed by atoms with Gasteiger partial charge in [0, 0.05) is 47.8 Å². The second kappa shape index (κ2) is 12.8. The van der Waals surface area contributed by atoms with Crippen LogP contribution in [-0.2, 0) is 21.5 Å². The molecule has 3 aliphatic rings. The molecule has 1 N–H and O–H groups in total. The molecule has 5 heterocycles. The number of carbonyl (C=O) groups excluding carboxylic acids is 1. The second-order valence-electron chi connectivity index (χ2n) is 12.8. The van der Waals surface area contributed by atoms with E-state index in [1.54, 1.807) is 0 Å². The number of ether oxygens (including phenoxy) is 2. The number of aromatic nitrogens is 5. The summed E-state index contributed by atoms with van der Waals surface area (Å²) in [7, 11) is 0. The molecule has 2 unspecified atom stereocenters. The fourth-order valence-electron chi connectivity index (χ4n) is 7.53. The van der Waals surface area contributed by atoms with Gasteiger partial charge >= 0.3 is 6.09 Å². The molecule has 11 nitrogen and oxygen atoms in total. The molecule has 3 fully saturated rings. The van der Waals surface area contributed by atoms with Crippen molar-refractivity contribution < 1.29 is 18.8 Å². The number of fused-ring (bicyclic) bond motifs is 2. The number of amides is 1. The van der Waals surface area contributed by atoms with Crippen LogP contribution in [-0.4, -0.2) is 57.2 Å². The maximum atomic E-state index is 12.8. The van der Waals surface area contributed by atoms with Gasteiger partial charge in [-0.1, -0.05) is 59.2 Å². The fraction of sp³-hybridized carbons (Fsp3) is 0.400. The molecule has 1 aliphatic carbocycles. The Bertz CT molecular complexity index is 1960. The average Bonchev–Trinajstić information content (AvgIpc) is 3.34. The SMILES string of the molecule is Cc1cc([C@]2(CNC(=O)OCc3ccccc3)C3CN(c4cnc5c(-c6cccc(Br)c6Cl)nn(C6CCCCO6)c5n4)CC[C@H]32)no1. The molecule has 2 saturated heterocycles. The van der Waals surface area contributed by atoms with Crippen LogP contribution in [0.1, 0.15) is 48.9 Å². The summed E-state index contributed by atoms with van der Waals surface area (Å²) in [5.41, 5.74) is 4.25. The van der Waals surface area contributed by atoms with Gasteiger partial charge in [0.15, 0.2) is 11.9 Å². The first-order valence-electron chi connectivity index (χ1n) is 16.4. The Morgan fingerprint density at radius 2 is 2.02 bits per heavy atom. The van der Waals surface area contributed by atoms with Crippen LogP contribution in [0.25, 0.3) is 22.4 Å². The predicted octanol–water partition coefficient (Wildman–Crippen LogP) is 7.23. The van der Waals surface area contributed by atoms with Gasteiger partial charge in [-0.25, -0.2) is 19.4 Å². The van der Waals surface area contributed by atoms with Gasteiger partial charge in [-0.3, -0.25) is 0 Å². The number of nitrogens with zero attached hydrogens (tertiary/aromatic N) is 6. The normalized spacial score (nSPS) is 23.6. The lowest BCUT2D eigenvalue weighted by Gasteiger charge is -2.27. The highest BCUT2D eigenvalue weighted by atomic mass is 79.9. The number of benzene rings is 2. The molecule has 5 aromatic rings. The van der Waals surface area contributed by atoms with E-state index in [2.05, 4.69) is 31.3 Å². The highest BCUT2D eigenvalue weighted by Gasteiger charge is 2.68. The van der Waals surface area contributed by atoms with Gasteiger partial charge in [0.05, 0.1) is 16.9 Å². The van der Waals surface area contributed by atoms with Crippen molar-refractivity contribution in [1.29, 1.82) is 0 Å². The van der Waals surface area contributed by atoms with Gasteiger partial charge in [-0.2, -0.15) is 5.10 Å². The van der Waals surface area contributed by atoms with E-state index in [0.29, 0.717) is 40.9 Å². The van der Waals surface area contributed by atoms with Crippen LogP contribution in [0.3, 0.4) is 0 Å². The highest BCUT2D eigenvalue weighted by Crippen LogP contribution is 2.63. The lowest BCUT2D eigenvalue weighted by atomic mass is 9.96. The van der Waals surface area contributed by atoms with Gasteiger partial charge in [0.1, 0.15) is 29.4 Å². The fourth-order valence-corrected chi connectivity index (χ4v) is 8.12. The maximum absolute atomic E-state index is 12.8. The van der Waals surface area contributed by atoms with Crippen LogP contribution < -0.4 is 10.2 Å². The van der Waals surface area contributed by atoms with Crippen molar-refractivity contribution in [2.45, 2.75) is 50.9 Å². The Hall–Kier alpha value is -4.00. The molecule has 8 rings (SSSR count). The molecule has 48 heavy (non-hydrogen) atoms. The summed E-state index contributed by atoms with van der Waals surface area (Å²) in [5, 5.41) is 13.1. The van der Waals surface area contributed by atoms with Gasteiger partial charge in [0.2, 0.25) is 0 Å². The minimum atomic E-state index is -0.449. The number of hydrogen-bond donors (Lipinski definition) is 1. The zero-order chi connectivity index (χ0) is 32.8. The maximum Gasteiger partial charge on any atom is 0.407 e. The standard InChI is InChI=1S/C35H35BrClN7O4/c1-21-16-27(42-48-21)35(20-39-34(45)47-19-22-8-3-2-4-9-22)24-13-14-43(18-25(24)35)28-17-38-32-31(23-10-7-11-26(36)30(23)37)41-44(33(32)40-28)29-12-5-6-15-46-29/h2-4,7-11,16-17,24-25,29H,5-6,12-15,18-20H2,1H3,(H,39,45)/t24-,25?,29?,35+/m1/s1. The molecular formula is C35H35BrClN7O4. The zero-order valence-electron chi connectivity index (χ0n) is 26.4. The largest absolute Gasteiger partial charge is 0.445 e. The summed E-state index contributed by atoms with van der Waals surface area (Å²) in [4.78, 5) is 25.2. The third-order valence-electron chi connectivity index (χ3n) is 10.0. The Morgan fingerprint density at radius 1 is 1.15 bits per heavy atom. The number of anilines is 1. The lowest BCUT2D eigenvalue weighted by molar-refractivity contribution is -0.0368. The zero-order valence-corrected chi connectivity index (χ0v) is 28.8. The van der Waals surface area contributed by atoms with Crippen LogP contribution in [0, 0.1) is 18.8 Å². The van der Waals surface area contributed by atoms with Gasteiger partial charge < -0.3 is 24.2 Å². The average molecular weight is 733 g/mol. The van der Waals surface area contributed by atoms with Crippen LogP contribution in [0.5, 0.6) is 0 Å². The number of piperidine rings is 1. The quantitative estimate of drug-likeness (QED) is 0.176. The Labute approximate surface area is 291 Å². The molecule has 0 spiro atoms. The van der Waals surface area contributed by atoms with E-state index >= 15 is 0 Å². The number of nitrogens with one attached hydrogen (secondary N) is 1. The number of alkyl carbamates (subject to hydrolysis) is 1. The van der Waals surface area contributed by atoms with Crippen molar-refractivity contribution in [3.8, 4) is 11.3 Å². The first-order valence-corrected chi connectivity index (χ1v) is 17.5. The number of hydrogen-bond acceptors (Lipinski definition) is 9. The Balaban J connectivity index is 1.06. The van der Waals surface area contributed by atoms with Crippen LogP contribution in [0.2, 0.25) is 5.02 Å². The molecule has 1 saturated carbocycles. The van der Waals surface area contributed by atoms with Crippen molar-refractivity contribution in [2.75, 3.05) is 31.1 Å². The molecule has 1 amide bonds. The summed E-state index contributed by atoms with van der Waals surface area (Å²) >= 11 is 10.3. The third kappa shape index (κ3) is 5.63. The first-order chi connectivity index (χ1) is 23.4. The molecule has 248 valence electrons.